The number of aliphatic hydroxyl groups excluding tert-OH is 2. The summed E-state index contributed by atoms with van der Waals surface area (Å²) < 4.78 is 8.11. The van der Waals surface area contributed by atoms with Gasteiger partial charge in [-0.05, 0) is 97.8 Å². The Morgan fingerprint density at radius 2 is 2.03 bits per heavy atom. The second kappa shape index (κ2) is 9.74. The van der Waals surface area contributed by atoms with E-state index in [2.05, 4.69) is 53.7 Å². The predicted molar refractivity (Wildman–Crippen MR) is 146 cm³/mol. The average molecular weight is 503 g/mol. The van der Waals surface area contributed by atoms with Gasteiger partial charge in [-0.25, -0.2) is 4.98 Å². The maximum absolute atomic E-state index is 11.6. The van der Waals surface area contributed by atoms with Crippen LogP contribution in [0.2, 0.25) is 0 Å². The van der Waals surface area contributed by atoms with E-state index in [4.69, 9.17) is 4.74 Å². The monoisotopic (exact) mass is 502 g/mol. The molecule has 37 heavy (non-hydrogen) atoms. The van der Waals surface area contributed by atoms with Crippen LogP contribution in [0, 0.1) is 28.6 Å². The summed E-state index contributed by atoms with van der Waals surface area (Å²) in [5.41, 5.74) is 3.98. The van der Waals surface area contributed by atoms with E-state index in [9.17, 15) is 10.2 Å². The molecule has 3 saturated carbocycles. The lowest BCUT2D eigenvalue weighted by Gasteiger charge is -2.57. The molecule has 0 aliphatic heterocycles. The van der Waals surface area contributed by atoms with Crippen LogP contribution >= 0.6 is 0 Å². The van der Waals surface area contributed by atoms with E-state index < -0.39 is 0 Å². The van der Waals surface area contributed by atoms with Crippen molar-refractivity contribution in [3.63, 3.8) is 0 Å². The highest BCUT2D eigenvalue weighted by atomic mass is 16.5. The number of allylic oxidation sites excluding steroid dienone is 1. The van der Waals surface area contributed by atoms with Gasteiger partial charge in [0.05, 0.1) is 25.1 Å². The molecular weight excluding hydrogens is 460 g/mol. The molecule has 1 aromatic heterocycles. The first-order valence-electron chi connectivity index (χ1n) is 14.3. The molecule has 0 amide bonds. The average Bonchev–Trinajstić information content (AvgIpc) is 3.49. The number of aliphatic hydroxyl groups is 2. The molecule has 4 aliphatic carbocycles. The van der Waals surface area contributed by atoms with E-state index in [1.54, 1.807) is 6.20 Å². The molecule has 3 fully saturated rings. The van der Waals surface area contributed by atoms with Crippen molar-refractivity contribution < 1.29 is 14.9 Å². The molecule has 1 heterocycles. The zero-order valence-corrected chi connectivity index (χ0v) is 22.4. The smallest absolute Gasteiger partial charge is 0.119 e. The molecule has 6 rings (SSSR count). The molecule has 1 aromatic carbocycles. The van der Waals surface area contributed by atoms with Crippen LogP contribution in [0.1, 0.15) is 70.8 Å². The number of benzene rings is 1. The van der Waals surface area contributed by atoms with E-state index in [1.807, 2.05) is 18.6 Å². The molecule has 5 heteroatoms. The number of rotatable bonds is 6. The molecular formula is C32H42N2O3. The fourth-order valence-electron chi connectivity index (χ4n) is 8.40. The SMILES string of the molecule is C[C@]12CC[C@H](O)CC1=CCC1C2CC[C@@]2(C)C1CC(=Cc1cccc(OCCCn3ccnc3)c1)[C@@H]2O. The van der Waals surface area contributed by atoms with Crippen LogP contribution in [0.4, 0.5) is 0 Å². The van der Waals surface area contributed by atoms with E-state index in [0.29, 0.717) is 24.4 Å². The normalized spacial score (nSPS) is 38.0. The summed E-state index contributed by atoms with van der Waals surface area (Å²) in [6.07, 6.45) is 17.9. The Balaban J connectivity index is 1.16. The molecule has 2 N–H and O–H groups in total. The van der Waals surface area contributed by atoms with Crippen molar-refractivity contribution in [1.29, 1.82) is 0 Å². The molecule has 0 bridgehead atoms. The van der Waals surface area contributed by atoms with Gasteiger partial charge in [0, 0.05) is 24.4 Å². The lowest BCUT2D eigenvalue weighted by atomic mass is 9.48. The second-order valence-corrected chi connectivity index (χ2v) is 12.6. The van der Waals surface area contributed by atoms with Crippen molar-refractivity contribution in [2.75, 3.05) is 6.61 Å². The molecule has 0 saturated heterocycles. The number of ether oxygens (including phenoxy) is 1. The van der Waals surface area contributed by atoms with Gasteiger partial charge in [0.15, 0.2) is 0 Å². The van der Waals surface area contributed by atoms with Crippen LogP contribution in [-0.4, -0.2) is 38.6 Å². The standard InChI is InChI=1S/C32H42N2O3/c1-31-11-9-25(35)20-24(31)7-8-27-28(31)10-12-32(2)29(27)19-23(30(32)36)17-22-5-3-6-26(18-22)37-16-4-14-34-15-13-33-21-34/h3,5-7,13,15,17-18,21,25,27-30,35-36H,4,8-12,14,16,19-20H2,1-2H3/t25-,27?,28?,29?,30-,31-,32-/m0/s1. The highest BCUT2D eigenvalue weighted by Gasteiger charge is 2.59. The molecule has 3 unspecified atom stereocenters. The molecule has 5 nitrogen and oxygen atoms in total. The maximum Gasteiger partial charge on any atom is 0.119 e. The summed E-state index contributed by atoms with van der Waals surface area (Å²) in [6.45, 7) is 6.36. The number of imidazole rings is 1. The Morgan fingerprint density at radius 3 is 2.86 bits per heavy atom. The van der Waals surface area contributed by atoms with E-state index in [0.717, 1.165) is 62.8 Å². The topological polar surface area (TPSA) is 67.5 Å². The highest BCUT2D eigenvalue weighted by Crippen LogP contribution is 2.65. The van der Waals surface area contributed by atoms with Crippen molar-refractivity contribution >= 4 is 6.08 Å². The van der Waals surface area contributed by atoms with Gasteiger partial charge < -0.3 is 19.5 Å². The first-order valence-corrected chi connectivity index (χ1v) is 14.3. The van der Waals surface area contributed by atoms with Gasteiger partial charge in [-0.1, -0.05) is 43.7 Å². The number of nitrogens with zero attached hydrogens (tertiary/aromatic N) is 2. The third-order valence-electron chi connectivity index (χ3n) is 10.5. The second-order valence-electron chi connectivity index (χ2n) is 12.6. The molecule has 0 radical (unpaired) electrons. The van der Waals surface area contributed by atoms with Gasteiger partial charge in [0.1, 0.15) is 5.75 Å². The van der Waals surface area contributed by atoms with Crippen LogP contribution in [0.15, 0.2) is 60.2 Å². The number of aryl methyl sites for hydroxylation is 1. The quantitative estimate of drug-likeness (QED) is 0.374. The van der Waals surface area contributed by atoms with Gasteiger partial charge in [0.2, 0.25) is 0 Å². The number of aromatic nitrogens is 2. The van der Waals surface area contributed by atoms with E-state index >= 15 is 0 Å². The molecule has 4 aliphatic rings. The number of fused-ring (bicyclic) bond motifs is 5. The summed E-state index contributed by atoms with van der Waals surface area (Å²) in [5, 5.41) is 21.9. The summed E-state index contributed by atoms with van der Waals surface area (Å²) in [4.78, 5) is 4.09. The van der Waals surface area contributed by atoms with Crippen LogP contribution < -0.4 is 4.74 Å². The van der Waals surface area contributed by atoms with Gasteiger partial charge >= 0.3 is 0 Å². The van der Waals surface area contributed by atoms with Crippen molar-refractivity contribution in [2.45, 2.75) is 84.0 Å². The first-order chi connectivity index (χ1) is 17.9. The zero-order chi connectivity index (χ0) is 25.6. The van der Waals surface area contributed by atoms with Crippen molar-refractivity contribution in [2.24, 2.45) is 28.6 Å². The Bertz CT molecular complexity index is 1170. The highest BCUT2D eigenvalue weighted by molar-refractivity contribution is 5.57. The van der Waals surface area contributed by atoms with Crippen LogP contribution in [0.3, 0.4) is 0 Å². The molecule has 7 atom stereocenters. The Labute approximate surface area is 221 Å². The summed E-state index contributed by atoms with van der Waals surface area (Å²) in [6, 6.07) is 8.29. The van der Waals surface area contributed by atoms with Gasteiger partial charge in [-0.15, -0.1) is 0 Å². The van der Waals surface area contributed by atoms with Gasteiger partial charge in [-0.3, -0.25) is 0 Å². The predicted octanol–water partition coefficient (Wildman–Crippen LogP) is 6.03. The third kappa shape index (κ3) is 4.48. The maximum atomic E-state index is 11.6. The van der Waals surface area contributed by atoms with E-state index in [1.165, 1.54) is 17.6 Å². The Hall–Kier alpha value is -2.37. The number of hydrogen-bond donors (Lipinski definition) is 2. The first kappa shape index (κ1) is 24.9. The van der Waals surface area contributed by atoms with Crippen molar-refractivity contribution in [3.05, 3.63) is 65.8 Å². The van der Waals surface area contributed by atoms with Gasteiger partial charge in [0.25, 0.3) is 0 Å². The number of hydrogen-bond acceptors (Lipinski definition) is 4. The Morgan fingerprint density at radius 1 is 1.14 bits per heavy atom. The largest absolute Gasteiger partial charge is 0.494 e. The fraction of sp³-hybridized carbons (Fsp3) is 0.594. The summed E-state index contributed by atoms with van der Waals surface area (Å²) >= 11 is 0. The zero-order valence-electron chi connectivity index (χ0n) is 22.4. The lowest BCUT2D eigenvalue weighted by molar-refractivity contribution is -0.0685. The van der Waals surface area contributed by atoms with Crippen molar-refractivity contribution in [3.8, 4) is 5.75 Å². The molecule has 2 aromatic rings. The minimum Gasteiger partial charge on any atom is -0.494 e. The molecule has 0 spiro atoms. The summed E-state index contributed by atoms with van der Waals surface area (Å²) in [5.74, 6) is 2.68. The van der Waals surface area contributed by atoms with Crippen LogP contribution in [0.5, 0.6) is 5.75 Å². The third-order valence-corrected chi connectivity index (χ3v) is 10.5. The minimum absolute atomic E-state index is 0.0513. The van der Waals surface area contributed by atoms with Crippen LogP contribution in [-0.2, 0) is 6.54 Å². The van der Waals surface area contributed by atoms with Crippen LogP contribution in [0.25, 0.3) is 6.08 Å². The fourth-order valence-corrected chi connectivity index (χ4v) is 8.40. The minimum atomic E-state index is -0.385. The van der Waals surface area contributed by atoms with E-state index in [-0.39, 0.29) is 23.0 Å². The lowest BCUT2D eigenvalue weighted by Crippen LogP contribution is -2.51. The van der Waals surface area contributed by atoms with Crippen molar-refractivity contribution in [1.82, 2.24) is 9.55 Å². The summed E-state index contributed by atoms with van der Waals surface area (Å²) in [7, 11) is 0. The molecule has 198 valence electrons. The van der Waals surface area contributed by atoms with Gasteiger partial charge in [-0.2, -0.15) is 0 Å². The Kier molecular flexibility index (Phi) is 6.57.